The van der Waals surface area contributed by atoms with Gasteiger partial charge in [-0.2, -0.15) is 0 Å². The van der Waals surface area contributed by atoms with E-state index < -0.39 is 0 Å². The highest BCUT2D eigenvalue weighted by Crippen LogP contribution is 2.48. The van der Waals surface area contributed by atoms with Crippen LogP contribution in [-0.2, 0) is 4.74 Å². The molecule has 2 unspecified atom stereocenters. The minimum absolute atomic E-state index is 0.0683. The Morgan fingerprint density at radius 2 is 2.10 bits per heavy atom. The van der Waals surface area contributed by atoms with Gasteiger partial charge in [0.05, 0.1) is 0 Å². The molecule has 0 aromatic carbocycles. The molecule has 54 valence electrons. The van der Waals surface area contributed by atoms with Gasteiger partial charge in [-0.25, -0.2) is 0 Å². The summed E-state index contributed by atoms with van der Waals surface area (Å²) in [6.07, 6.45) is 4.69. The molecule has 0 amide bonds. The van der Waals surface area contributed by atoms with Crippen LogP contribution in [0.25, 0.3) is 0 Å². The lowest BCUT2D eigenvalue weighted by Gasteiger charge is -2.10. The molecule has 0 bridgehead atoms. The Hall–Kier alpha value is -0.560. The maximum Gasteiger partial charge on any atom is 0.117 e. The first kappa shape index (κ1) is 6.17. The molecule has 0 radical (unpaired) electrons. The second-order valence-corrected chi connectivity index (χ2v) is 3.37. The Kier molecular flexibility index (Phi) is 0.948. The second kappa shape index (κ2) is 1.54. The Balaban J connectivity index is 2.40. The van der Waals surface area contributed by atoms with E-state index in [9.17, 15) is 0 Å². The Morgan fingerprint density at radius 3 is 2.70 bits per heavy atom. The third kappa shape index (κ3) is 0.562. The zero-order valence-electron chi connectivity index (χ0n) is 6.64. The van der Waals surface area contributed by atoms with E-state index in [0.717, 1.165) is 0 Å². The van der Waals surface area contributed by atoms with Crippen LogP contribution in [-0.4, -0.2) is 11.7 Å². The summed E-state index contributed by atoms with van der Waals surface area (Å²) in [6, 6.07) is 0. The Bertz CT molecular complexity index is 237. The molecular formula is C9H12O. The SMILES string of the molecule is CC1=CC=C(C)C2(C)OC12. The number of allylic oxidation sites excluding steroid dienone is 2. The fraction of sp³-hybridized carbons (Fsp3) is 0.556. The van der Waals surface area contributed by atoms with Crippen molar-refractivity contribution in [3.63, 3.8) is 0 Å². The van der Waals surface area contributed by atoms with Crippen molar-refractivity contribution in [2.75, 3.05) is 0 Å². The fourth-order valence-corrected chi connectivity index (χ4v) is 1.55. The van der Waals surface area contributed by atoms with E-state index in [-0.39, 0.29) is 5.60 Å². The van der Waals surface area contributed by atoms with Gasteiger partial charge in [0.25, 0.3) is 0 Å². The smallest absolute Gasteiger partial charge is 0.117 e. The maximum atomic E-state index is 5.55. The molecule has 2 rings (SSSR count). The molecule has 2 aliphatic rings. The van der Waals surface area contributed by atoms with Gasteiger partial charge in [-0.3, -0.25) is 0 Å². The third-order valence-electron chi connectivity index (χ3n) is 2.60. The van der Waals surface area contributed by atoms with E-state index in [1.54, 1.807) is 0 Å². The van der Waals surface area contributed by atoms with Crippen LogP contribution >= 0.6 is 0 Å². The number of hydrogen-bond donors (Lipinski definition) is 0. The van der Waals surface area contributed by atoms with Crippen LogP contribution in [0.1, 0.15) is 20.8 Å². The van der Waals surface area contributed by atoms with Crippen LogP contribution in [0.5, 0.6) is 0 Å². The van der Waals surface area contributed by atoms with Crippen molar-refractivity contribution < 1.29 is 4.74 Å². The minimum Gasteiger partial charge on any atom is -0.357 e. The molecule has 1 nitrogen and oxygen atoms in total. The van der Waals surface area contributed by atoms with Crippen molar-refractivity contribution in [3.05, 3.63) is 23.3 Å². The van der Waals surface area contributed by atoms with Gasteiger partial charge >= 0.3 is 0 Å². The van der Waals surface area contributed by atoms with Gasteiger partial charge in [0.1, 0.15) is 11.7 Å². The highest BCUT2D eigenvalue weighted by atomic mass is 16.6. The molecule has 1 aliphatic heterocycles. The summed E-state index contributed by atoms with van der Waals surface area (Å²) in [6.45, 7) is 6.40. The number of ether oxygens (including phenoxy) is 1. The van der Waals surface area contributed by atoms with Crippen molar-refractivity contribution in [3.8, 4) is 0 Å². The monoisotopic (exact) mass is 136 g/mol. The van der Waals surface area contributed by atoms with Crippen LogP contribution in [0.15, 0.2) is 23.3 Å². The van der Waals surface area contributed by atoms with Gasteiger partial charge in [-0.05, 0) is 31.9 Å². The fourth-order valence-electron chi connectivity index (χ4n) is 1.55. The molecule has 1 saturated heterocycles. The highest BCUT2D eigenvalue weighted by molar-refractivity contribution is 5.41. The lowest BCUT2D eigenvalue weighted by atomic mass is 9.90. The Labute approximate surface area is 61.4 Å². The zero-order chi connectivity index (χ0) is 7.35. The molecule has 1 heteroatoms. The van der Waals surface area contributed by atoms with Crippen molar-refractivity contribution in [1.82, 2.24) is 0 Å². The van der Waals surface area contributed by atoms with Crippen LogP contribution in [0, 0.1) is 0 Å². The van der Waals surface area contributed by atoms with E-state index in [1.807, 2.05) is 0 Å². The molecular weight excluding hydrogens is 124 g/mol. The van der Waals surface area contributed by atoms with Gasteiger partial charge in [-0.15, -0.1) is 0 Å². The summed E-state index contributed by atoms with van der Waals surface area (Å²) in [5.74, 6) is 0. The van der Waals surface area contributed by atoms with Crippen LogP contribution in [0.4, 0.5) is 0 Å². The molecule has 1 aliphatic carbocycles. The first-order valence-electron chi connectivity index (χ1n) is 3.68. The quantitative estimate of drug-likeness (QED) is 0.464. The van der Waals surface area contributed by atoms with Crippen LogP contribution in [0.2, 0.25) is 0 Å². The van der Waals surface area contributed by atoms with Gasteiger partial charge in [0.15, 0.2) is 0 Å². The molecule has 0 spiro atoms. The second-order valence-electron chi connectivity index (χ2n) is 3.37. The highest BCUT2D eigenvalue weighted by Gasteiger charge is 2.55. The topological polar surface area (TPSA) is 12.5 Å². The molecule has 1 fully saturated rings. The lowest BCUT2D eigenvalue weighted by molar-refractivity contribution is 0.344. The summed E-state index contributed by atoms with van der Waals surface area (Å²) >= 11 is 0. The number of rotatable bonds is 0. The zero-order valence-corrected chi connectivity index (χ0v) is 6.64. The summed E-state index contributed by atoms with van der Waals surface area (Å²) in [7, 11) is 0. The summed E-state index contributed by atoms with van der Waals surface area (Å²) < 4.78 is 5.55. The van der Waals surface area contributed by atoms with Crippen molar-refractivity contribution in [1.29, 1.82) is 0 Å². The average Bonchev–Trinajstić information content (AvgIpc) is 2.56. The van der Waals surface area contributed by atoms with Crippen molar-refractivity contribution >= 4 is 0 Å². The largest absolute Gasteiger partial charge is 0.357 e. The Morgan fingerprint density at radius 1 is 1.40 bits per heavy atom. The number of hydrogen-bond acceptors (Lipinski definition) is 1. The third-order valence-corrected chi connectivity index (χ3v) is 2.60. The van der Waals surface area contributed by atoms with E-state index in [0.29, 0.717) is 6.10 Å². The van der Waals surface area contributed by atoms with Crippen LogP contribution in [0.3, 0.4) is 0 Å². The first-order chi connectivity index (χ1) is 4.64. The van der Waals surface area contributed by atoms with Gasteiger partial charge in [-0.1, -0.05) is 12.2 Å². The number of epoxide rings is 1. The first-order valence-corrected chi connectivity index (χ1v) is 3.68. The molecule has 0 aromatic rings. The molecule has 0 saturated carbocycles. The normalized spacial score (nSPS) is 43.7. The number of fused-ring (bicyclic) bond motifs is 1. The molecule has 0 N–H and O–H groups in total. The van der Waals surface area contributed by atoms with Crippen molar-refractivity contribution in [2.24, 2.45) is 0 Å². The molecule has 2 atom stereocenters. The average molecular weight is 136 g/mol. The summed E-state index contributed by atoms with van der Waals surface area (Å²) in [4.78, 5) is 0. The standard InChI is InChI=1S/C9H12O/c1-6-4-5-7(2)9(3)8(6)10-9/h4-5,8H,1-3H3. The summed E-state index contributed by atoms with van der Waals surface area (Å²) in [5, 5.41) is 0. The van der Waals surface area contributed by atoms with E-state index in [4.69, 9.17) is 4.74 Å². The van der Waals surface area contributed by atoms with E-state index >= 15 is 0 Å². The maximum absolute atomic E-state index is 5.55. The predicted octanol–water partition coefficient (Wildman–Crippen LogP) is 2.05. The van der Waals surface area contributed by atoms with E-state index in [2.05, 4.69) is 32.9 Å². The summed E-state index contributed by atoms with van der Waals surface area (Å²) in [5.41, 5.74) is 2.77. The van der Waals surface area contributed by atoms with Gasteiger partial charge in [0, 0.05) is 0 Å². The van der Waals surface area contributed by atoms with Gasteiger partial charge in [0.2, 0.25) is 0 Å². The van der Waals surface area contributed by atoms with Gasteiger partial charge < -0.3 is 4.74 Å². The molecule has 0 aromatic heterocycles. The minimum atomic E-state index is 0.0683. The predicted molar refractivity (Wildman–Crippen MR) is 40.8 cm³/mol. The van der Waals surface area contributed by atoms with E-state index in [1.165, 1.54) is 11.1 Å². The van der Waals surface area contributed by atoms with Crippen molar-refractivity contribution in [2.45, 2.75) is 32.5 Å². The lowest BCUT2D eigenvalue weighted by Crippen LogP contribution is -2.14. The van der Waals surface area contributed by atoms with Crippen LogP contribution < -0.4 is 0 Å². The molecule has 1 heterocycles. The molecule has 10 heavy (non-hydrogen) atoms.